The fourth-order valence-electron chi connectivity index (χ4n) is 2.09. The molecule has 2 rings (SSSR count). The molecule has 0 radical (unpaired) electrons. The van der Waals surface area contributed by atoms with E-state index < -0.39 is 5.97 Å². The predicted octanol–water partition coefficient (Wildman–Crippen LogP) is 2.75. The molecular weight excluding hydrogens is 250 g/mol. The molecule has 1 heterocycles. The molecule has 5 heteroatoms. The highest BCUT2D eigenvalue weighted by molar-refractivity contribution is 8.00. The number of methoxy groups -OCH3 is 1. The van der Waals surface area contributed by atoms with Crippen LogP contribution >= 0.6 is 11.8 Å². The maximum absolute atomic E-state index is 10.9. The molecule has 0 fully saturated rings. The topological polar surface area (TPSA) is 58.6 Å². The second kappa shape index (κ2) is 5.10. The van der Waals surface area contributed by atoms with Gasteiger partial charge in [0.1, 0.15) is 5.75 Å². The number of aliphatic carboxylic acids is 1. The fraction of sp³-hybridized carbons (Fsp3) is 0.462. The Labute approximate surface area is 111 Å². The molecule has 0 bridgehead atoms. The third kappa shape index (κ3) is 2.41. The average Bonchev–Trinajstić information content (AvgIpc) is 2.31. The summed E-state index contributed by atoms with van der Waals surface area (Å²) in [6.45, 7) is 4.03. The molecule has 0 saturated carbocycles. The van der Waals surface area contributed by atoms with Gasteiger partial charge in [0.25, 0.3) is 0 Å². The van der Waals surface area contributed by atoms with Crippen molar-refractivity contribution in [3.8, 4) is 5.75 Å². The molecule has 98 valence electrons. The minimum absolute atomic E-state index is 0.0424. The van der Waals surface area contributed by atoms with E-state index in [9.17, 15) is 4.79 Å². The SMILES string of the molecule is COc1ccc(C)c2c1NC(C)C(CC(=O)O)S2. The molecule has 1 aliphatic rings. The molecule has 1 aliphatic heterocycles. The van der Waals surface area contributed by atoms with Crippen LogP contribution in [-0.4, -0.2) is 29.5 Å². The zero-order chi connectivity index (χ0) is 13.3. The maximum atomic E-state index is 10.9. The summed E-state index contributed by atoms with van der Waals surface area (Å²) in [6, 6.07) is 4.04. The van der Waals surface area contributed by atoms with Crippen LogP contribution in [0.15, 0.2) is 17.0 Å². The lowest BCUT2D eigenvalue weighted by molar-refractivity contribution is -0.137. The summed E-state index contributed by atoms with van der Waals surface area (Å²) in [5.41, 5.74) is 2.13. The van der Waals surface area contributed by atoms with Crippen molar-refractivity contribution in [1.29, 1.82) is 0 Å². The Morgan fingerprint density at radius 1 is 1.56 bits per heavy atom. The van der Waals surface area contributed by atoms with E-state index in [1.54, 1.807) is 18.9 Å². The van der Waals surface area contributed by atoms with E-state index in [4.69, 9.17) is 9.84 Å². The number of hydrogen-bond acceptors (Lipinski definition) is 4. The number of carbonyl (C=O) groups is 1. The summed E-state index contributed by atoms with van der Waals surface area (Å²) >= 11 is 1.63. The normalized spacial score (nSPS) is 21.9. The molecule has 0 spiro atoms. The molecule has 4 nitrogen and oxygen atoms in total. The number of hydrogen-bond donors (Lipinski definition) is 2. The first kappa shape index (κ1) is 13.1. The van der Waals surface area contributed by atoms with Crippen molar-refractivity contribution >= 4 is 23.4 Å². The van der Waals surface area contributed by atoms with Gasteiger partial charge < -0.3 is 15.2 Å². The molecule has 2 unspecified atom stereocenters. The first-order chi connectivity index (χ1) is 8.52. The highest BCUT2D eigenvalue weighted by Crippen LogP contribution is 2.45. The standard InChI is InChI=1S/C13H17NO3S/c1-7-4-5-9(17-3)12-13(7)18-10(6-11(15)16)8(2)14-12/h4-5,8,10,14H,6H2,1-3H3,(H,15,16). The Morgan fingerprint density at radius 2 is 2.28 bits per heavy atom. The summed E-state index contributed by atoms with van der Waals surface area (Å²) in [4.78, 5) is 12.0. The van der Waals surface area contributed by atoms with Gasteiger partial charge in [-0.25, -0.2) is 0 Å². The van der Waals surface area contributed by atoms with E-state index in [1.807, 2.05) is 26.0 Å². The smallest absolute Gasteiger partial charge is 0.304 e. The third-order valence-corrected chi connectivity index (χ3v) is 4.75. The van der Waals surface area contributed by atoms with E-state index in [0.717, 1.165) is 21.9 Å². The first-order valence-electron chi connectivity index (χ1n) is 5.85. The largest absolute Gasteiger partial charge is 0.495 e. The van der Waals surface area contributed by atoms with Crippen LogP contribution in [0.2, 0.25) is 0 Å². The summed E-state index contributed by atoms with van der Waals surface area (Å²) in [5, 5.41) is 12.3. The minimum Gasteiger partial charge on any atom is -0.495 e. The van der Waals surface area contributed by atoms with E-state index in [0.29, 0.717) is 0 Å². The van der Waals surface area contributed by atoms with Crippen molar-refractivity contribution < 1.29 is 14.6 Å². The Balaban J connectivity index is 2.35. The number of anilines is 1. The molecule has 18 heavy (non-hydrogen) atoms. The number of aryl methyl sites for hydroxylation is 1. The van der Waals surface area contributed by atoms with E-state index in [2.05, 4.69) is 5.32 Å². The van der Waals surface area contributed by atoms with Crippen LogP contribution in [0.5, 0.6) is 5.75 Å². The summed E-state index contributed by atoms with van der Waals surface area (Å²) in [6.07, 6.45) is 0.162. The molecule has 0 saturated heterocycles. The van der Waals surface area contributed by atoms with E-state index >= 15 is 0 Å². The van der Waals surface area contributed by atoms with Gasteiger partial charge in [-0.2, -0.15) is 0 Å². The van der Waals surface area contributed by atoms with Gasteiger partial charge in [0.2, 0.25) is 0 Å². The molecule has 2 atom stereocenters. The number of rotatable bonds is 3. The summed E-state index contributed by atoms with van der Waals surface area (Å²) < 4.78 is 5.34. The Hall–Kier alpha value is -1.36. The predicted molar refractivity (Wildman–Crippen MR) is 72.7 cm³/mol. The quantitative estimate of drug-likeness (QED) is 0.882. The van der Waals surface area contributed by atoms with Gasteiger partial charge in [0.05, 0.1) is 19.2 Å². The van der Waals surface area contributed by atoms with Crippen LogP contribution in [0.25, 0.3) is 0 Å². The maximum Gasteiger partial charge on any atom is 0.304 e. The van der Waals surface area contributed by atoms with Crippen LogP contribution in [0, 0.1) is 6.92 Å². The van der Waals surface area contributed by atoms with Crippen LogP contribution in [-0.2, 0) is 4.79 Å². The van der Waals surface area contributed by atoms with Gasteiger partial charge in [0.15, 0.2) is 0 Å². The van der Waals surface area contributed by atoms with Crippen LogP contribution in [0.4, 0.5) is 5.69 Å². The molecular formula is C13H17NO3S. The van der Waals surface area contributed by atoms with Crippen molar-refractivity contribution in [1.82, 2.24) is 0 Å². The lowest BCUT2D eigenvalue weighted by atomic mass is 10.1. The second-order valence-corrected chi connectivity index (χ2v) is 5.73. The first-order valence-corrected chi connectivity index (χ1v) is 6.73. The zero-order valence-corrected chi connectivity index (χ0v) is 11.5. The molecule has 2 N–H and O–H groups in total. The Kier molecular flexibility index (Phi) is 3.71. The van der Waals surface area contributed by atoms with Gasteiger partial charge in [-0.05, 0) is 25.5 Å². The minimum atomic E-state index is -0.759. The number of fused-ring (bicyclic) bond motifs is 1. The van der Waals surface area contributed by atoms with Crippen LogP contribution < -0.4 is 10.1 Å². The lowest BCUT2D eigenvalue weighted by Crippen LogP contribution is -2.34. The van der Waals surface area contributed by atoms with Crippen LogP contribution in [0.3, 0.4) is 0 Å². The number of nitrogens with one attached hydrogen (secondary N) is 1. The Morgan fingerprint density at radius 3 is 2.89 bits per heavy atom. The highest BCUT2D eigenvalue weighted by atomic mass is 32.2. The van der Waals surface area contributed by atoms with Gasteiger partial charge in [-0.3, -0.25) is 4.79 Å². The number of carboxylic acids is 1. The zero-order valence-electron chi connectivity index (χ0n) is 10.7. The van der Waals surface area contributed by atoms with Crippen molar-refractivity contribution in [2.24, 2.45) is 0 Å². The molecule has 0 aliphatic carbocycles. The second-order valence-electron chi connectivity index (χ2n) is 4.48. The highest BCUT2D eigenvalue weighted by Gasteiger charge is 2.30. The molecule has 0 aromatic heterocycles. The lowest BCUT2D eigenvalue weighted by Gasteiger charge is -2.32. The molecule has 1 aromatic rings. The van der Waals surface area contributed by atoms with E-state index in [1.165, 1.54) is 0 Å². The molecule has 0 amide bonds. The third-order valence-electron chi connectivity index (χ3n) is 3.11. The van der Waals surface area contributed by atoms with Gasteiger partial charge >= 0.3 is 5.97 Å². The van der Waals surface area contributed by atoms with Crippen molar-refractivity contribution in [2.45, 2.75) is 36.5 Å². The van der Waals surface area contributed by atoms with Crippen molar-refractivity contribution in [3.63, 3.8) is 0 Å². The summed E-state index contributed by atoms with van der Waals surface area (Å²) in [7, 11) is 1.64. The Bertz CT molecular complexity index is 476. The van der Waals surface area contributed by atoms with E-state index in [-0.39, 0.29) is 17.7 Å². The van der Waals surface area contributed by atoms with Gasteiger partial charge in [-0.1, -0.05) is 6.07 Å². The van der Waals surface area contributed by atoms with Crippen molar-refractivity contribution in [3.05, 3.63) is 17.7 Å². The number of benzene rings is 1. The number of thioether (sulfide) groups is 1. The average molecular weight is 267 g/mol. The van der Waals surface area contributed by atoms with Gasteiger partial charge in [-0.15, -0.1) is 11.8 Å². The van der Waals surface area contributed by atoms with Crippen molar-refractivity contribution in [2.75, 3.05) is 12.4 Å². The summed E-state index contributed by atoms with van der Waals surface area (Å²) in [5.74, 6) is 0.0499. The molecule has 1 aromatic carbocycles. The monoisotopic (exact) mass is 267 g/mol. The number of carboxylic acid groups (broad SMARTS) is 1. The van der Waals surface area contributed by atoms with Gasteiger partial charge in [0, 0.05) is 16.2 Å². The number of ether oxygens (including phenoxy) is 1. The van der Waals surface area contributed by atoms with Crippen LogP contribution in [0.1, 0.15) is 18.9 Å². The fourth-order valence-corrected chi connectivity index (χ4v) is 3.42.